The van der Waals surface area contributed by atoms with E-state index in [-0.39, 0.29) is 6.10 Å². The van der Waals surface area contributed by atoms with Gasteiger partial charge in [0.15, 0.2) is 0 Å². The van der Waals surface area contributed by atoms with E-state index >= 15 is 0 Å². The fourth-order valence-electron chi connectivity index (χ4n) is 1.76. The van der Waals surface area contributed by atoms with Crippen LogP contribution in [0.5, 0.6) is 0 Å². The molecule has 2 heteroatoms. The number of aliphatic hydroxyl groups is 1. The van der Waals surface area contributed by atoms with E-state index < -0.39 is 0 Å². The lowest BCUT2D eigenvalue weighted by Crippen LogP contribution is -2.17. The molecule has 0 aromatic rings. The van der Waals surface area contributed by atoms with Crippen LogP contribution in [-0.4, -0.2) is 24.4 Å². The second-order valence-electron chi connectivity index (χ2n) is 3.89. The zero-order valence-corrected chi connectivity index (χ0v) is 7.96. The van der Waals surface area contributed by atoms with Gasteiger partial charge in [0.05, 0.1) is 12.7 Å². The minimum Gasteiger partial charge on any atom is -0.391 e. The zero-order chi connectivity index (χ0) is 8.81. The highest BCUT2D eigenvalue weighted by Crippen LogP contribution is 2.23. The maximum Gasteiger partial charge on any atom is 0.0745 e. The molecular weight excluding hydrogens is 152 g/mol. The molecule has 1 aliphatic rings. The van der Waals surface area contributed by atoms with Crippen molar-refractivity contribution < 1.29 is 9.84 Å². The molecule has 0 amide bonds. The van der Waals surface area contributed by atoms with Crippen LogP contribution in [0.1, 0.15) is 39.0 Å². The first-order valence-corrected chi connectivity index (χ1v) is 5.05. The molecule has 2 nitrogen and oxygen atoms in total. The topological polar surface area (TPSA) is 29.5 Å². The van der Waals surface area contributed by atoms with Crippen LogP contribution >= 0.6 is 0 Å². The quantitative estimate of drug-likeness (QED) is 0.702. The van der Waals surface area contributed by atoms with E-state index in [1.54, 1.807) is 6.92 Å². The highest BCUT2D eigenvalue weighted by Gasteiger charge is 2.13. The summed E-state index contributed by atoms with van der Waals surface area (Å²) in [6.07, 6.45) is 6.45. The van der Waals surface area contributed by atoms with Crippen LogP contribution in [0.2, 0.25) is 0 Å². The van der Waals surface area contributed by atoms with E-state index in [4.69, 9.17) is 9.84 Å². The Morgan fingerprint density at radius 2 is 2.00 bits per heavy atom. The first-order valence-electron chi connectivity index (χ1n) is 5.05. The third kappa shape index (κ3) is 4.07. The van der Waals surface area contributed by atoms with Gasteiger partial charge in [-0.15, -0.1) is 0 Å². The first kappa shape index (κ1) is 10.0. The minimum absolute atomic E-state index is 0.311. The monoisotopic (exact) mass is 172 g/mol. The van der Waals surface area contributed by atoms with Crippen LogP contribution < -0.4 is 0 Å². The van der Waals surface area contributed by atoms with Gasteiger partial charge in [0, 0.05) is 6.61 Å². The Bertz CT molecular complexity index is 106. The van der Waals surface area contributed by atoms with Crippen LogP contribution in [-0.2, 0) is 4.74 Å². The molecule has 1 unspecified atom stereocenters. The second-order valence-corrected chi connectivity index (χ2v) is 3.89. The van der Waals surface area contributed by atoms with E-state index in [0.717, 1.165) is 12.5 Å². The summed E-state index contributed by atoms with van der Waals surface area (Å²) >= 11 is 0. The fourth-order valence-corrected chi connectivity index (χ4v) is 1.76. The van der Waals surface area contributed by atoms with E-state index in [1.807, 2.05) is 0 Å². The average molecular weight is 172 g/mol. The van der Waals surface area contributed by atoms with E-state index in [1.165, 1.54) is 32.1 Å². The molecule has 0 bridgehead atoms. The Hall–Kier alpha value is -0.0800. The summed E-state index contributed by atoms with van der Waals surface area (Å²) < 4.78 is 5.38. The summed E-state index contributed by atoms with van der Waals surface area (Å²) in [7, 11) is 0. The molecule has 1 atom stereocenters. The maximum atomic E-state index is 8.96. The van der Waals surface area contributed by atoms with Gasteiger partial charge in [-0.25, -0.2) is 0 Å². The summed E-state index contributed by atoms with van der Waals surface area (Å²) in [5.41, 5.74) is 0. The van der Waals surface area contributed by atoms with Gasteiger partial charge in [-0.05, 0) is 25.7 Å². The van der Waals surface area contributed by atoms with Crippen molar-refractivity contribution in [2.45, 2.75) is 45.1 Å². The molecule has 1 N–H and O–H groups in total. The zero-order valence-electron chi connectivity index (χ0n) is 7.96. The Balaban J connectivity index is 1.98. The van der Waals surface area contributed by atoms with Gasteiger partial charge >= 0.3 is 0 Å². The molecule has 1 rings (SSSR count). The molecule has 72 valence electrons. The van der Waals surface area contributed by atoms with Gasteiger partial charge in [0.2, 0.25) is 0 Å². The van der Waals surface area contributed by atoms with Crippen molar-refractivity contribution in [3.63, 3.8) is 0 Å². The van der Waals surface area contributed by atoms with Gasteiger partial charge in [0.25, 0.3) is 0 Å². The van der Waals surface area contributed by atoms with Gasteiger partial charge in [-0.3, -0.25) is 0 Å². The smallest absolute Gasteiger partial charge is 0.0745 e. The SMILES string of the molecule is CC(O)COCC1CCCCC1. The first-order chi connectivity index (χ1) is 5.79. The van der Waals surface area contributed by atoms with Crippen LogP contribution in [0.3, 0.4) is 0 Å². The highest BCUT2D eigenvalue weighted by atomic mass is 16.5. The van der Waals surface area contributed by atoms with Crippen molar-refractivity contribution in [2.24, 2.45) is 5.92 Å². The van der Waals surface area contributed by atoms with Crippen LogP contribution in [0, 0.1) is 5.92 Å². The fraction of sp³-hybridized carbons (Fsp3) is 1.00. The molecule has 0 aromatic carbocycles. The Morgan fingerprint density at radius 3 is 2.58 bits per heavy atom. The third-order valence-corrected chi connectivity index (χ3v) is 2.44. The molecule has 12 heavy (non-hydrogen) atoms. The number of rotatable bonds is 4. The normalized spacial score (nSPS) is 22.5. The van der Waals surface area contributed by atoms with Crippen molar-refractivity contribution >= 4 is 0 Å². The Morgan fingerprint density at radius 1 is 1.33 bits per heavy atom. The Kier molecular flexibility index (Phi) is 4.62. The van der Waals surface area contributed by atoms with Crippen molar-refractivity contribution in [1.82, 2.24) is 0 Å². The van der Waals surface area contributed by atoms with Crippen molar-refractivity contribution in [1.29, 1.82) is 0 Å². The van der Waals surface area contributed by atoms with Crippen LogP contribution in [0.15, 0.2) is 0 Å². The molecule has 0 saturated heterocycles. The van der Waals surface area contributed by atoms with Crippen molar-refractivity contribution in [2.75, 3.05) is 13.2 Å². The van der Waals surface area contributed by atoms with E-state index in [2.05, 4.69) is 0 Å². The second kappa shape index (κ2) is 5.55. The molecule has 0 aromatic heterocycles. The molecule has 0 spiro atoms. The molecule has 1 fully saturated rings. The minimum atomic E-state index is -0.311. The molecular formula is C10H20O2. The predicted octanol–water partition coefficient (Wildman–Crippen LogP) is 1.96. The number of aliphatic hydroxyl groups excluding tert-OH is 1. The molecule has 1 saturated carbocycles. The summed E-state index contributed by atoms with van der Waals surface area (Å²) in [5.74, 6) is 0.762. The predicted molar refractivity (Wildman–Crippen MR) is 49.1 cm³/mol. The lowest BCUT2D eigenvalue weighted by atomic mass is 9.90. The lowest BCUT2D eigenvalue weighted by Gasteiger charge is -2.21. The van der Waals surface area contributed by atoms with Gasteiger partial charge in [0.1, 0.15) is 0 Å². The van der Waals surface area contributed by atoms with Gasteiger partial charge in [-0.2, -0.15) is 0 Å². The summed E-state index contributed by atoms with van der Waals surface area (Å²) in [5, 5.41) is 8.96. The van der Waals surface area contributed by atoms with Crippen molar-refractivity contribution in [3.8, 4) is 0 Å². The van der Waals surface area contributed by atoms with Gasteiger partial charge in [-0.1, -0.05) is 19.3 Å². The van der Waals surface area contributed by atoms with Crippen LogP contribution in [0.4, 0.5) is 0 Å². The summed E-state index contributed by atoms with van der Waals surface area (Å²) in [6.45, 7) is 3.11. The number of ether oxygens (including phenoxy) is 1. The molecule has 0 radical (unpaired) electrons. The maximum absolute atomic E-state index is 8.96. The molecule has 0 aliphatic heterocycles. The van der Waals surface area contributed by atoms with Crippen molar-refractivity contribution in [3.05, 3.63) is 0 Å². The highest BCUT2D eigenvalue weighted by molar-refractivity contribution is 4.64. The number of hydrogen-bond acceptors (Lipinski definition) is 2. The summed E-state index contributed by atoms with van der Waals surface area (Å²) in [6, 6.07) is 0. The standard InChI is InChI=1S/C10H20O2/c1-9(11)7-12-8-10-5-3-2-4-6-10/h9-11H,2-8H2,1H3. The lowest BCUT2D eigenvalue weighted by molar-refractivity contribution is 0.0230. The largest absolute Gasteiger partial charge is 0.391 e. The molecule has 0 heterocycles. The Labute approximate surface area is 74.9 Å². The number of hydrogen-bond donors (Lipinski definition) is 1. The summed E-state index contributed by atoms with van der Waals surface area (Å²) in [4.78, 5) is 0. The third-order valence-electron chi connectivity index (χ3n) is 2.44. The van der Waals surface area contributed by atoms with Crippen LogP contribution in [0.25, 0.3) is 0 Å². The average Bonchev–Trinajstić information content (AvgIpc) is 2.05. The van der Waals surface area contributed by atoms with E-state index in [9.17, 15) is 0 Å². The molecule has 1 aliphatic carbocycles. The van der Waals surface area contributed by atoms with Gasteiger partial charge < -0.3 is 9.84 Å². The van der Waals surface area contributed by atoms with E-state index in [0.29, 0.717) is 6.61 Å².